The third-order valence-corrected chi connectivity index (χ3v) is 6.44. The maximum atomic E-state index is 13.0. The first kappa shape index (κ1) is 17.2. The number of thiophene rings is 1. The Morgan fingerprint density at radius 2 is 2.25 bits per heavy atom. The first-order chi connectivity index (χ1) is 11.4. The van der Waals surface area contributed by atoms with Crippen molar-refractivity contribution >= 4 is 39.2 Å². The normalized spacial score (nSPS) is 14.6. The summed E-state index contributed by atoms with van der Waals surface area (Å²) in [4.78, 5) is 33.6. The summed E-state index contributed by atoms with van der Waals surface area (Å²) in [6, 6.07) is 0. The molecule has 1 aliphatic carbocycles. The Morgan fingerprint density at radius 3 is 2.92 bits per heavy atom. The molecule has 2 aromatic rings. The monoisotopic (exact) mass is 363 g/mol. The zero-order valence-electron chi connectivity index (χ0n) is 14.2. The molecule has 2 heterocycles. The predicted octanol–water partition coefficient (Wildman–Crippen LogP) is 2.70. The number of thioether (sulfide) groups is 1. The van der Waals surface area contributed by atoms with Gasteiger partial charge in [0.15, 0.2) is 5.16 Å². The Kier molecular flexibility index (Phi) is 4.83. The average molecular weight is 364 g/mol. The van der Waals surface area contributed by atoms with Gasteiger partial charge in [-0.1, -0.05) is 17.8 Å². The van der Waals surface area contributed by atoms with E-state index in [0.29, 0.717) is 11.7 Å². The molecule has 128 valence electrons. The Morgan fingerprint density at radius 1 is 1.50 bits per heavy atom. The van der Waals surface area contributed by atoms with Gasteiger partial charge < -0.3 is 4.90 Å². The van der Waals surface area contributed by atoms with Crippen LogP contribution in [0.3, 0.4) is 0 Å². The largest absolute Gasteiger partial charge is 0.348 e. The lowest BCUT2D eigenvalue weighted by atomic mass is 10.2. The topological polar surface area (TPSA) is 55.2 Å². The van der Waals surface area contributed by atoms with E-state index in [9.17, 15) is 9.59 Å². The minimum Gasteiger partial charge on any atom is -0.348 e. The van der Waals surface area contributed by atoms with E-state index in [1.165, 1.54) is 22.2 Å². The molecule has 0 fully saturated rings. The molecule has 0 unspecified atom stereocenters. The van der Waals surface area contributed by atoms with Crippen molar-refractivity contribution < 1.29 is 4.79 Å². The van der Waals surface area contributed by atoms with E-state index in [2.05, 4.69) is 6.58 Å². The number of amides is 1. The van der Waals surface area contributed by atoms with Crippen molar-refractivity contribution in [3.05, 3.63) is 33.4 Å². The Labute approximate surface area is 149 Å². The molecule has 5 nitrogen and oxygen atoms in total. The smallest absolute Gasteiger partial charge is 0.263 e. The summed E-state index contributed by atoms with van der Waals surface area (Å²) in [5.74, 6) is 0.00757. The van der Waals surface area contributed by atoms with Gasteiger partial charge in [0.1, 0.15) is 4.83 Å². The maximum absolute atomic E-state index is 13.0. The summed E-state index contributed by atoms with van der Waals surface area (Å²) >= 11 is 2.96. The second-order valence-electron chi connectivity index (χ2n) is 6.13. The second kappa shape index (κ2) is 6.72. The number of aryl methyl sites for hydroxylation is 2. The molecule has 0 spiro atoms. The van der Waals surface area contributed by atoms with Gasteiger partial charge in [-0.25, -0.2) is 4.98 Å². The molecular formula is C17H21N3O2S2. The van der Waals surface area contributed by atoms with Crippen molar-refractivity contribution in [2.75, 3.05) is 14.1 Å². The molecule has 0 bridgehead atoms. The Bertz CT molecular complexity index is 867. The first-order valence-electron chi connectivity index (χ1n) is 7.97. The molecule has 1 aliphatic rings. The van der Waals surface area contributed by atoms with Crippen LogP contribution < -0.4 is 5.56 Å². The summed E-state index contributed by atoms with van der Waals surface area (Å²) in [5.41, 5.74) is 1.17. The molecule has 24 heavy (non-hydrogen) atoms. The van der Waals surface area contributed by atoms with E-state index in [-0.39, 0.29) is 16.7 Å². The van der Waals surface area contributed by atoms with Crippen LogP contribution in [0.2, 0.25) is 0 Å². The number of hydrogen-bond acceptors (Lipinski definition) is 5. The van der Waals surface area contributed by atoms with Gasteiger partial charge in [-0.05, 0) is 31.7 Å². The zero-order valence-corrected chi connectivity index (χ0v) is 15.8. The predicted molar refractivity (Wildman–Crippen MR) is 100 cm³/mol. The van der Waals surface area contributed by atoms with Crippen molar-refractivity contribution in [1.29, 1.82) is 0 Å². The Balaban J connectivity index is 2.10. The number of aromatic nitrogens is 2. The van der Waals surface area contributed by atoms with Gasteiger partial charge in [0.05, 0.1) is 10.6 Å². The number of hydrogen-bond donors (Lipinski definition) is 0. The van der Waals surface area contributed by atoms with Crippen LogP contribution in [0.25, 0.3) is 10.2 Å². The summed E-state index contributed by atoms with van der Waals surface area (Å²) in [6.07, 6.45) is 4.81. The lowest BCUT2D eigenvalue weighted by Gasteiger charge is -2.17. The van der Waals surface area contributed by atoms with E-state index >= 15 is 0 Å². The molecule has 3 rings (SSSR count). The van der Waals surface area contributed by atoms with Crippen LogP contribution in [0, 0.1) is 0 Å². The van der Waals surface area contributed by atoms with Crippen molar-refractivity contribution in [1.82, 2.24) is 14.5 Å². The molecule has 1 atom stereocenters. The molecule has 0 saturated carbocycles. The lowest BCUT2D eigenvalue weighted by molar-refractivity contribution is -0.127. The molecule has 0 aliphatic heterocycles. The minimum atomic E-state index is -0.299. The molecule has 0 radical (unpaired) electrons. The number of rotatable bonds is 5. The van der Waals surface area contributed by atoms with Gasteiger partial charge in [0.25, 0.3) is 5.56 Å². The van der Waals surface area contributed by atoms with Crippen molar-refractivity contribution in [2.24, 2.45) is 0 Å². The van der Waals surface area contributed by atoms with E-state index in [4.69, 9.17) is 4.98 Å². The van der Waals surface area contributed by atoms with Crippen LogP contribution >= 0.6 is 23.1 Å². The van der Waals surface area contributed by atoms with Crippen molar-refractivity contribution in [2.45, 2.75) is 43.1 Å². The van der Waals surface area contributed by atoms with Gasteiger partial charge in [-0.15, -0.1) is 17.9 Å². The van der Waals surface area contributed by atoms with E-state index in [1.54, 1.807) is 41.0 Å². The van der Waals surface area contributed by atoms with Gasteiger partial charge >= 0.3 is 0 Å². The molecule has 1 amide bonds. The van der Waals surface area contributed by atoms with Crippen molar-refractivity contribution in [3.8, 4) is 0 Å². The summed E-state index contributed by atoms with van der Waals surface area (Å²) in [7, 11) is 3.47. The molecular weight excluding hydrogens is 342 g/mol. The third kappa shape index (κ3) is 2.91. The van der Waals surface area contributed by atoms with Gasteiger partial charge in [0.2, 0.25) is 5.91 Å². The van der Waals surface area contributed by atoms with Crippen LogP contribution in [0.5, 0.6) is 0 Å². The standard InChI is InChI=1S/C17H21N3O2S2/c1-5-9-20-16(22)13-11-7-6-8-12(11)24-14(13)18-17(20)23-10(2)15(21)19(3)4/h5,10H,1,6-9H2,2-4H3/t10-/m1/s1. The number of fused-ring (bicyclic) bond motifs is 3. The van der Waals surface area contributed by atoms with Gasteiger partial charge in [-0.2, -0.15) is 0 Å². The van der Waals surface area contributed by atoms with E-state index < -0.39 is 0 Å². The highest BCUT2D eigenvalue weighted by Crippen LogP contribution is 2.36. The quantitative estimate of drug-likeness (QED) is 0.466. The third-order valence-electron chi connectivity index (χ3n) is 4.17. The number of carbonyl (C=O) groups excluding carboxylic acids is 1. The Hall–Kier alpha value is -1.60. The fraction of sp³-hybridized carbons (Fsp3) is 0.471. The average Bonchev–Trinajstić information content (AvgIpc) is 3.10. The van der Waals surface area contributed by atoms with Gasteiger partial charge in [0, 0.05) is 25.5 Å². The molecule has 7 heteroatoms. The molecule has 2 aromatic heterocycles. The molecule has 0 saturated heterocycles. The van der Waals surface area contributed by atoms with Crippen LogP contribution in [-0.2, 0) is 24.2 Å². The van der Waals surface area contributed by atoms with Crippen LogP contribution in [0.1, 0.15) is 23.8 Å². The zero-order chi connectivity index (χ0) is 17.4. The summed E-state index contributed by atoms with van der Waals surface area (Å²) < 4.78 is 1.64. The van der Waals surface area contributed by atoms with Crippen molar-refractivity contribution in [3.63, 3.8) is 0 Å². The fourth-order valence-electron chi connectivity index (χ4n) is 3.01. The lowest BCUT2D eigenvalue weighted by Crippen LogP contribution is -2.31. The number of allylic oxidation sites excluding steroid dienone is 1. The summed E-state index contributed by atoms with van der Waals surface area (Å²) in [6.45, 7) is 6.00. The minimum absolute atomic E-state index is 0.00757. The highest BCUT2D eigenvalue weighted by atomic mass is 32.2. The van der Waals surface area contributed by atoms with Crippen LogP contribution in [0.15, 0.2) is 22.6 Å². The molecule has 0 N–H and O–H groups in total. The second-order valence-corrected chi connectivity index (χ2v) is 8.52. The first-order valence-corrected chi connectivity index (χ1v) is 9.67. The maximum Gasteiger partial charge on any atom is 0.263 e. The van der Waals surface area contributed by atoms with E-state index in [1.807, 2.05) is 6.92 Å². The SMILES string of the molecule is C=CCn1c(S[C@H](C)C(=O)N(C)C)nc2sc3c(c2c1=O)CCC3. The summed E-state index contributed by atoms with van der Waals surface area (Å²) in [5, 5.41) is 1.06. The van der Waals surface area contributed by atoms with Crippen LogP contribution in [-0.4, -0.2) is 39.7 Å². The highest BCUT2D eigenvalue weighted by Gasteiger charge is 2.25. The highest BCUT2D eigenvalue weighted by molar-refractivity contribution is 8.00. The van der Waals surface area contributed by atoms with Gasteiger partial charge in [-0.3, -0.25) is 14.2 Å². The number of carbonyl (C=O) groups is 1. The molecule has 0 aromatic carbocycles. The van der Waals surface area contributed by atoms with Crippen LogP contribution in [0.4, 0.5) is 0 Å². The number of nitrogens with zero attached hydrogens (tertiary/aromatic N) is 3. The van der Waals surface area contributed by atoms with E-state index in [0.717, 1.165) is 29.5 Å². The fourth-order valence-corrected chi connectivity index (χ4v) is 5.38.